The fourth-order valence-corrected chi connectivity index (χ4v) is 1.29. The predicted octanol–water partition coefficient (Wildman–Crippen LogP) is 3.28. The number of nitrogens with zero attached hydrogens (tertiary/aromatic N) is 1. The number of hydrogen-bond donors (Lipinski definition) is 0. The standard InChI is InChI=1S/C13H15NO3/c1-3-9-17-13-7-5-11(6-8-13)10-12(4-2)14(15)16/h3,5-8,10H,1,4,9H2,2H3/b12-10+. The molecule has 0 spiro atoms. The van der Waals surface area contributed by atoms with Crippen LogP contribution in [0.5, 0.6) is 5.75 Å². The molecule has 0 N–H and O–H groups in total. The van der Waals surface area contributed by atoms with Gasteiger partial charge < -0.3 is 4.74 Å². The van der Waals surface area contributed by atoms with Gasteiger partial charge in [-0.15, -0.1) is 0 Å². The Morgan fingerprint density at radius 3 is 2.59 bits per heavy atom. The molecule has 0 atom stereocenters. The van der Waals surface area contributed by atoms with Crippen molar-refractivity contribution in [2.75, 3.05) is 6.61 Å². The average Bonchev–Trinajstić information content (AvgIpc) is 2.34. The summed E-state index contributed by atoms with van der Waals surface area (Å²) in [6, 6.07) is 7.14. The highest BCUT2D eigenvalue weighted by molar-refractivity contribution is 5.52. The lowest BCUT2D eigenvalue weighted by Crippen LogP contribution is -1.96. The summed E-state index contributed by atoms with van der Waals surface area (Å²) in [4.78, 5) is 10.3. The summed E-state index contributed by atoms with van der Waals surface area (Å²) in [6.07, 6.45) is 3.63. The molecule has 4 nitrogen and oxygen atoms in total. The van der Waals surface area contributed by atoms with Crippen LogP contribution in [0.2, 0.25) is 0 Å². The minimum Gasteiger partial charge on any atom is -0.490 e. The molecule has 4 heteroatoms. The van der Waals surface area contributed by atoms with Gasteiger partial charge in [0.05, 0.1) is 4.92 Å². The zero-order valence-electron chi connectivity index (χ0n) is 9.76. The van der Waals surface area contributed by atoms with Gasteiger partial charge in [0.2, 0.25) is 5.70 Å². The van der Waals surface area contributed by atoms with E-state index >= 15 is 0 Å². The summed E-state index contributed by atoms with van der Waals surface area (Å²) < 4.78 is 5.32. The van der Waals surface area contributed by atoms with Gasteiger partial charge in [-0.25, -0.2) is 0 Å². The van der Waals surface area contributed by atoms with Gasteiger partial charge in [-0.3, -0.25) is 10.1 Å². The van der Waals surface area contributed by atoms with Gasteiger partial charge in [-0.1, -0.05) is 31.7 Å². The first-order valence-corrected chi connectivity index (χ1v) is 5.36. The Bertz CT molecular complexity index is 421. The van der Waals surface area contributed by atoms with Crippen LogP contribution < -0.4 is 4.74 Å². The molecule has 0 aliphatic heterocycles. The number of rotatable bonds is 6. The molecule has 0 saturated carbocycles. The molecule has 0 fully saturated rings. The van der Waals surface area contributed by atoms with E-state index in [0.29, 0.717) is 13.0 Å². The van der Waals surface area contributed by atoms with Gasteiger partial charge in [0.1, 0.15) is 12.4 Å². The second-order valence-corrected chi connectivity index (χ2v) is 3.42. The van der Waals surface area contributed by atoms with Crippen molar-refractivity contribution in [3.8, 4) is 5.75 Å². The molecule has 0 bridgehead atoms. The lowest BCUT2D eigenvalue weighted by atomic mass is 10.1. The highest BCUT2D eigenvalue weighted by Crippen LogP contribution is 2.15. The Kier molecular flexibility index (Phi) is 4.94. The molecular weight excluding hydrogens is 218 g/mol. The molecule has 1 aromatic carbocycles. The van der Waals surface area contributed by atoms with Crippen molar-refractivity contribution in [3.05, 3.63) is 58.3 Å². The van der Waals surface area contributed by atoms with Crippen molar-refractivity contribution in [3.63, 3.8) is 0 Å². The van der Waals surface area contributed by atoms with Gasteiger partial charge in [-0.2, -0.15) is 0 Å². The van der Waals surface area contributed by atoms with Gasteiger partial charge in [0, 0.05) is 12.5 Å². The van der Waals surface area contributed by atoms with E-state index in [1.54, 1.807) is 43.3 Å². The van der Waals surface area contributed by atoms with Crippen molar-refractivity contribution in [2.24, 2.45) is 0 Å². The van der Waals surface area contributed by atoms with Gasteiger partial charge >= 0.3 is 0 Å². The van der Waals surface area contributed by atoms with E-state index in [1.807, 2.05) is 0 Å². The van der Waals surface area contributed by atoms with Gasteiger partial charge in [0.25, 0.3) is 0 Å². The van der Waals surface area contributed by atoms with E-state index in [0.717, 1.165) is 11.3 Å². The highest BCUT2D eigenvalue weighted by atomic mass is 16.6. The Morgan fingerprint density at radius 1 is 1.47 bits per heavy atom. The van der Waals surface area contributed by atoms with Crippen molar-refractivity contribution < 1.29 is 9.66 Å². The summed E-state index contributed by atoms with van der Waals surface area (Å²) >= 11 is 0. The summed E-state index contributed by atoms with van der Waals surface area (Å²) in [5, 5.41) is 10.6. The largest absolute Gasteiger partial charge is 0.490 e. The van der Waals surface area contributed by atoms with Crippen LogP contribution in [0.4, 0.5) is 0 Å². The molecule has 0 amide bonds. The quantitative estimate of drug-likeness (QED) is 0.430. The maximum atomic E-state index is 10.6. The number of allylic oxidation sites excluding steroid dienone is 1. The first kappa shape index (κ1) is 13.0. The number of benzene rings is 1. The Hall–Kier alpha value is -2.10. The lowest BCUT2D eigenvalue weighted by Gasteiger charge is -2.02. The summed E-state index contributed by atoms with van der Waals surface area (Å²) in [5.41, 5.74) is 0.995. The molecule has 90 valence electrons. The molecule has 1 aromatic rings. The minimum absolute atomic E-state index is 0.199. The molecule has 0 radical (unpaired) electrons. The van der Waals surface area contributed by atoms with Gasteiger partial charge in [0.15, 0.2) is 0 Å². The van der Waals surface area contributed by atoms with E-state index in [-0.39, 0.29) is 10.6 Å². The van der Waals surface area contributed by atoms with E-state index in [2.05, 4.69) is 6.58 Å². The zero-order valence-corrected chi connectivity index (χ0v) is 9.76. The van der Waals surface area contributed by atoms with E-state index < -0.39 is 0 Å². The van der Waals surface area contributed by atoms with E-state index in [1.165, 1.54) is 0 Å². The third-order valence-corrected chi connectivity index (χ3v) is 2.18. The maximum absolute atomic E-state index is 10.6. The molecule has 0 unspecified atom stereocenters. The lowest BCUT2D eigenvalue weighted by molar-refractivity contribution is -0.425. The van der Waals surface area contributed by atoms with Crippen molar-refractivity contribution in [2.45, 2.75) is 13.3 Å². The Balaban J connectivity index is 2.80. The number of ether oxygens (including phenoxy) is 1. The fraction of sp³-hybridized carbons (Fsp3) is 0.231. The van der Waals surface area contributed by atoms with Crippen LogP contribution in [-0.2, 0) is 0 Å². The fourth-order valence-electron chi connectivity index (χ4n) is 1.29. The third-order valence-electron chi connectivity index (χ3n) is 2.18. The molecule has 0 saturated heterocycles. The summed E-state index contributed by atoms with van der Waals surface area (Å²) in [7, 11) is 0. The number of hydrogen-bond acceptors (Lipinski definition) is 3. The maximum Gasteiger partial charge on any atom is 0.246 e. The highest BCUT2D eigenvalue weighted by Gasteiger charge is 2.06. The first-order chi connectivity index (χ1) is 8.17. The van der Waals surface area contributed by atoms with Crippen LogP contribution in [0.3, 0.4) is 0 Å². The second-order valence-electron chi connectivity index (χ2n) is 3.42. The van der Waals surface area contributed by atoms with E-state index in [9.17, 15) is 10.1 Å². The van der Waals surface area contributed by atoms with Crippen LogP contribution in [0.15, 0.2) is 42.6 Å². The van der Waals surface area contributed by atoms with Crippen molar-refractivity contribution >= 4 is 6.08 Å². The van der Waals surface area contributed by atoms with Crippen LogP contribution in [0, 0.1) is 10.1 Å². The van der Waals surface area contributed by atoms with Crippen LogP contribution in [0.1, 0.15) is 18.9 Å². The van der Waals surface area contributed by atoms with Gasteiger partial charge in [-0.05, 0) is 17.7 Å². The molecule has 0 heterocycles. The monoisotopic (exact) mass is 233 g/mol. The SMILES string of the molecule is C=CCOc1ccc(/C=C(\CC)[N+](=O)[O-])cc1. The summed E-state index contributed by atoms with van der Waals surface area (Å²) in [5.74, 6) is 0.723. The molecular formula is C13H15NO3. The van der Waals surface area contributed by atoms with Crippen molar-refractivity contribution in [1.29, 1.82) is 0 Å². The third kappa shape index (κ3) is 4.10. The van der Waals surface area contributed by atoms with Crippen LogP contribution in [0.25, 0.3) is 6.08 Å². The topological polar surface area (TPSA) is 52.4 Å². The molecule has 0 aromatic heterocycles. The zero-order chi connectivity index (χ0) is 12.7. The normalized spacial score (nSPS) is 11.0. The number of nitro groups is 1. The second kappa shape index (κ2) is 6.48. The molecule has 0 aliphatic carbocycles. The predicted molar refractivity (Wildman–Crippen MR) is 67.4 cm³/mol. The molecule has 1 rings (SSSR count). The van der Waals surface area contributed by atoms with Crippen molar-refractivity contribution in [1.82, 2.24) is 0 Å². The average molecular weight is 233 g/mol. The van der Waals surface area contributed by atoms with E-state index in [4.69, 9.17) is 4.74 Å². The Morgan fingerprint density at radius 2 is 2.12 bits per heavy atom. The molecule has 17 heavy (non-hydrogen) atoms. The minimum atomic E-state index is -0.359. The molecule has 0 aliphatic rings. The van der Waals surface area contributed by atoms with Crippen LogP contribution >= 0.6 is 0 Å². The smallest absolute Gasteiger partial charge is 0.246 e. The Labute approximate surface area is 100 Å². The van der Waals surface area contributed by atoms with Crippen LogP contribution in [-0.4, -0.2) is 11.5 Å². The summed E-state index contributed by atoms with van der Waals surface area (Å²) in [6.45, 7) is 5.76. The first-order valence-electron chi connectivity index (χ1n) is 5.36.